The minimum atomic E-state index is -1.02. The number of halogens is 1. The van der Waals surface area contributed by atoms with E-state index in [1.165, 1.54) is 0 Å². The molecule has 4 heteroatoms. The SMILES string of the molecule is Cc1ccc2nc(C(C)(C)O)c(Cl)n2c1. The summed E-state index contributed by atoms with van der Waals surface area (Å²) in [6.07, 6.45) is 1.90. The number of aromatic nitrogens is 2. The van der Waals surface area contributed by atoms with E-state index in [9.17, 15) is 5.11 Å². The van der Waals surface area contributed by atoms with Crippen LogP contribution in [0.1, 0.15) is 25.1 Å². The zero-order valence-electron chi connectivity index (χ0n) is 8.95. The molecule has 0 atom stereocenters. The molecule has 2 rings (SSSR count). The van der Waals surface area contributed by atoms with Gasteiger partial charge in [-0.3, -0.25) is 4.40 Å². The van der Waals surface area contributed by atoms with Crippen LogP contribution in [0.4, 0.5) is 0 Å². The quantitative estimate of drug-likeness (QED) is 0.808. The largest absolute Gasteiger partial charge is 0.384 e. The van der Waals surface area contributed by atoms with E-state index in [-0.39, 0.29) is 0 Å². The van der Waals surface area contributed by atoms with Crippen LogP contribution in [-0.2, 0) is 5.60 Å². The van der Waals surface area contributed by atoms with Crippen molar-refractivity contribution in [2.24, 2.45) is 0 Å². The fourth-order valence-electron chi connectivity index (χ4n) is 1.51. The molecule has 0 bridgehead atoms. The molecule has 0 aliphatic rings. The van der Waals surface area contributed by atoms with E-state index in [2.05, 4.69) is 4.98 Å². The second-order valence-corrected chi connectivity index (χ2v) is 4.60. The minimum absolute atomic E-state index is 0.473. The summed E-state index contributed by atoms with van der Waals surface area (Å²) in [5.74, 6) is 0. The first-order valence-electron chi connectivity index (χ1n) is 4.76. The average Bonchev–Trinajstić information content (AvgIpc) is 2.43. The van der Waals surface area contributed by atoms with Crippen molar-refractivity contribution in [2.45, 2.75) is 26.4 Å². The Bertz CT molecular complexity index is 511. The Morgan fingerprint density at radius 3 is 2.67 bits per heavy atom. The Balaban J connectivity index is 2.76. The zero-order chi connectivity index (χ0) is 11.2. The first-order chi connectivity index (χ1) is 6.89. The van der Waals surface area contributed by atoms with Gasteiger partial charge in [0, 0.05) is 6.20 Å². The minimum Gasteiger partial charge on any atom is -0.384 e. The maximum absolute atomic E-state index is 9.88. The van der Waals surface area contributed by atoms with Gasteiger partial charge < -0.3 is 5.11 Å². The van der Waals surface area contributed by atoms with Crippen molar-refractivity contribution in [2.75, 3.05) is 0 Å². The Labute approximate surface area is 93.3 Å². The number of pyridine rings is 1. The summed E-state index contributed by atoms with van der Waals surface area (Å²) < 4.78 is 1.78. The first-order valence-corrected chi connectivity index (χ1v) is 5.14. The van der Waals surface area contributed by atoms with E-state index in [4.69, 9.17) is 11.6 Å². The lowest BCUT2D eigenvalue weighted by Crippen LogP contribution is -2.16. The van der Waals surface area contributed by atoms with Crippen LogP contribution in [0, 0.1) is 6.92 Å². The van der Waals surface area contributed by atoms with Gasteiger partial charge in [-0.2, -0.15) is 0 Å². The number of hydrogen-bond donors (Lipinski definition) is 1. The van der Waals surface area contributed by atoms with Crippen molar-refractivity contribution >= 4 is 17.2 Å². The number of nitrogens with zero attached hydrogens (tertiary/aromatic N) is 2. The van der Waals surface area contributed by atoms with Crippen LogP contribution in [0.5, 0.6) is 0 Å². The van der Waals surface area contributed by atoms with Crippen LogP contribution in [0.3, 0.4) is 0 Å². The molecule has 80 valence electrons. The summed E-state index contributed by atoms with van der Waals surface area (Å²) in [7, 11) is 0. The van der Waals surface area contributed by atoms with Crippen LogP contribution in [0.25, 0.3) is 5.65 Å². The van der Waals surface area contributed by atoms with E-state index in [1.807, 2.05) is 25.3 Å². The van der Waals surface area contributed by atoms with Crippen LogP contribution in [0.15, 0.2) is 18.3 Å². The third-order valence-electron chi connectivity index (χ3n) is 2.29. The van der Waals surface area contributed by atoms with Crippen molar-refractivity contribution in [3.63, 3.8) is 0 Å². The van der Waals surface area contributed by atoms with Gasteiger partial charge in [-0.1, -0.05) is 17.7 Å². The molecule has 0 spiro atoms. The molecule has 2 aromatic heterocycles. The van der Waals surface area contributed by atoms with Crippen LogP contribution in [0.2, 0.25) is 5.15 Å². The number of rotatable bonds is 1. The highest BCUT2D eigenvalue weighted by atomic mass is 35.5. The first kappa shape index (κ1) is 10.5. The molecule has 1 N–H and O–H groups in total. The maximum atomic E-state index is 9.88. The fraction of sp³-hybridized carbons (Fsp3) is 0.364. The van der Waals surface area contributed by atoms with Gasteiger partial charge >= 0.3 is 0 Å². The van der Waals surface area contributed by atoms with Crippen LogP contribution < -0.4 is 0 Å². The predicted molar refractivity (Wildman–Crippen MR) is 60.2 cm³/mol. The molecule has 3 nitrogen and oxygen atoms in total. The highest BCUT2D eigenvalue weighted by Crippen LogP contribution is 2.28. The van der Waals surface area contributed by atoms with Crippen molar-refractivity contribution in [3.8, 4) is 0 Å². The molecule has 0 amide bonds. The van der Waals surface area contributed by atoms with Crippen molar-refractivity contribution in [1.82, 2.24) is 9.38 Å². The molecule has 0 aliphatic heterocycles. The molecule has 0 saturated carbocycles. The van der Waals surface area contributed by atoms with E-state index < -0.39 is 5.60 Å². The monoisotopic (exact) mass is 224 g/mol. The number of fused-ring (bicyclic) bond motifs is 1. The summed E-state index contributed by atoms with van der Waals surface area (Å²) in [6.45, 7) is 5.33. The lowest BCUT2D eigenvalue weighted by atomic mass is 10.1. The number of imidazole rings is 1. The summed E-state index contributed by atoms with van der Waals surface area (Å²) >= 11 is 6.15. The highest BCUT2D eigenvalue weighted by molar-refractivity contribution is 6.30. The molecule has 0 aromatic carbocycles. The summed E-state index contributed by atoms with van der Waals surface area (Å²) in [6, 6.07) is 3.85. The molecule has 0 unspecified atom stereocenters. The molecule has 0 radical (unpaired) electrons. The van der Waals surface area contributed by atoms with E-state index in [0.29, 0.717) is 10.8 Å². The van der Waals surface area contributed by atoms with Gasteiger partial charge in [0.1, 0.15) is 22.1 Å². The fourth-order valence-corrected chi connectivity index (χ4v) is 1.92. The molecule has 15 heavy (non-hydrogen) atoms. The predicted octanol–water partition coefficient (Wildman–Crippen LogP) is 2.52. The Kier molecular flexibility index (Phi) is 2.24. The van der Waals surface area contributed by atoms with E-state index in [1.54, 1.807) is 18.2 Å². The topological polar surface area (TPSA) is 37.5 Å². The number of hydrogen-bond acceptors (Lipinski definition) is 2. The molecule has 2 heterocycles. The van der Waals surface area contributed by atoms with Gasteiger partial charge in [-0.15, -0.1) is 0 Å². The molecule has 2 aromatic rings. The molecular formula is C11H13ClN2O. The Morgan fingerprint density at radius 2 is 2.07 bits per heavy atom. The van der Waals surface area contributed by atoms with Crippen molar-refractivity contribution in [3.05, 3.63) is 34.7 Å². The van der Waals surface area contributed by atoms with E-state index in [0.717, 1.165) is 11.2 Å². The van der Waals surface area contributed by atoms with Crippen LogP contribution in [-0.4, -0.2) is 14.5 Å². The molecule has 0 fully saturated rings. The van der Waals surface area contributed by atoms with Gasteiger partial charge in [0.2, 0.25) is 0 Å². The average molecular weight is 225 g/mol. The third kappa shape index (κ3) is 1.73. The summed E-state index contributed by atoms with van der Waals surface area (Å²) in [5.41, 5.74) is 1.35. The van der Waals surface area contributed by atoms with Crippen molar-refractivity contribution < 1.29 is 5.11 Å². The standard InChI is InChI=1S/C11H13ClN2O/c1-7-4-5-8-13-9(11(2,3)15)10(12)14(8)6-7/h4-6,15H,1-3H3. The van der Waals surface area contributed by atoms with Gasteiger partial charge in [-0.05, 0) is 32.4 Å². The Morgan fingerprint density at radius 1 is 1.40 bits per heavy atom. The molecule has 0 aliphatic carbocycles. The molecular weight excluding hydrogens is 212 g/mol. The summed E-state index contributed by atoms with van der Waals surface area (Å²) in [4.78, 5) is 4.31. The smallest absolute Gasteiger partial charge is 0.139 e. The van der Waals surface area contributed by atoms with E-state index >= 15 is 0 Å². The number of aliphatic hydroxyl groups is 1. The van der Waals surface area contributed by atoms with Gasteiger partial charge in [0.15, 0.2) is 0 Å². The zero-order valence-corrected chi connectivity index (χ0v) is 9.71. The molecule has 0 saturated heterocycles. The second kappa shape index (κ2) is 3.22. The third-order valence-corrected chi connectivity index (χ3v) is 2.65. The van der Waals surface area contributed by atoms with Crippen LogP contribution >= 0.6 is 11.6 Å². The number of aryl methyl sites for hydroxylation is 1. The van der Waals surface area contributed by atoms with Crippen molar-refractivity contribution in [1.29, 1.82) is 0 Å². The highest BCUT2D eigenvalue weighted by Gasteiger charge is 2.24. The lowest BCUT2D eigenvalue weighted by Gasteiger charge is -2.13. The maximum Gasteiger partial charge on any atom is 0.139 e. The normalized spacial score (nSPS) is 12.3. The lowest BCUT2D eigenvalue weighted by molar-refractivity contribution is 0.0745. The Hall–Kier alpha value is -1.06. The van der Waals surface area contributed by atoms with Gasteiger partial charge in [0.25, 0.3) is 0 Å². The summed E-state index contributed by atoms with van der Waals surface area (Å²) in [5, 5.41) is 10.4. The van der Waals surface area contributed by atoms with Gasteiger partial charge in [-0.25, -0.2) is 4.98 Å². The second-order valence-electron chi connectivity index (χ2n) is 4.24. The van der Waals surface area contributed by atoms with Gasteiger partial charge in [0.05, 0.1) is 0 Å².